The Hall–Kier alpha value is -1.92. The van der Waals surface area contributed by atoms with E-state index in [1.54, 1.807) is 6.08 Å². The van der Waals surface area contributed by atoms with Gasteiger partial charge in [-0.05, 0) is 64.2 Å². The van der Waals surface area contributed by atoms with Crippen LogP contribution in [0.3, 0.4) is 0 Å². The number of aliphatic hydroxyl groups excluding tert-OH is 2. The quantitative estimate of drug-likeness (QED) is 0.0320. The third kappa shape index (κ3) is 59.2. The van der Waals surface area contributed by atoms with Crippen LogP contribution >= 0.6 is 0 Å². The number of amides is 1. The molecule has 0 fully saturated rings. The maximum Gasteiger partial charge on any atom is 0.305 e. The van der Waals surface area contributed by atoms with Crippen LogP contribution in [0.2, 0.25) is 0 Å². The molecule has 0 bridgehead atoms. The van der Waals surface area contributed by atoms with E-state index in [9.17, 15) is 19.8 Å². The standard InChI is InChI=1S/C67H127NO5/c1-3-5-7-9-11-13-15-17-32-35-39-43-47-51-55-59-65(70)64(63-69)68-66(71)60-56-52-48-44-40-36-33-30-28-26-24-22-20-19-21-23-25-27-29-31-34-38-42-46-50-54-58-62-73-67(72)61-57-53-49-45-41-37-18-16-14-12-10-8-6-4-2/h19-20,23,25,55,59,64-65,69-70H,3-18,21-22,24,26-54,56-58,60-63H2,1-2H3,(H,68,71)/b20-19-,25-23-,59-55+. The monoisotopic (exact) mass is 1030 g/mol. The first-order valence-electron chi connectivity index (χ1n) is 32.8. The smallest absolute Gasteiger partial charge is 0.305 e. The van der Waals surface area contributed by atoms with Gasteiger partial charge in [-0.2, -0.15) is 0 Å². The molecule has 2 atom stereocenters. The Labute approximate surface area is 455 Å². The summed E-state index contributed by atoms with van der Waals surface area (Å²) in [6.07, 6.45) is 79.1. The van der Waals surface area contributed by atoms with Crippen molar-refractivity contribution in [1.82, 2.24) is 5.32 Å². The molecule has 0 aromatic rings. The molecule has 0 radical (unpaired) electrons. The molecule has 73 heavy (non-hydrogen) atoms. The average molecular weight is 1030 g/mol. The molecule has 3 N–H and O–H groups in total. The zero-order valence-corrected chi connectivity index (χ0v) is 49.1. The molecule has 0 heterocycles. The first kappa shape index (κ1) is 71.1. The summed E-state index contributed by atoms with van der Waals surface area (Å²) in [5, 5.41) is 23.1. The van der Waals surface area contributed by atoms with Crippen LogP contribution in [0.5, 0.6) is 0 Å². The SMILES string of the molecule is CCCCCCCCCCCCCCC/C=C/C(O)C(CO)NC(=O)CCCCCCCCCCCCC/C=C\C/C=C\CCCCCCCCCCCOC(=O)CCCCCCCCCCCCCCCC. The third-order valence-corrected chi connectivity index (χ3v) is 15.2. The second kappa shape index (κ2) is 62.6. The molecule has 0 spiro atoms. The highest BCUT2D eigenvalue weighted by Crippen LogP contribution is 2.17. The number of hydrogen-bond donors (Lipinski definition) is 3. The number of rotatable bonds is 61. The summed E-state index contributed by atoms with van der Waals surface area (Å²) in [5.41, 5.74) is 0. The number of unbranched alkanes of at least 4 members (excludes halogenated alkanes) is 46. The zero-order valence-electron chi connectivity index (χ0n) is 49.1. The van der Waals surface area contributed by atoms with Crippen molar-refractivity contribution in [3.63, 3.8) is 0 Å². The molecular formula is C67H127NO5. The Morgan fingerprint density at radius 3 is 1.04 bits per heavy atom. The highest BCUT2D eigenvalue weighted by atomic mass is 16.5. The summed E-state index contributed by atoms with van der Waals surface area (Å²) in [4.78, 5) is 24.5. The molecule has 1 amide bonds. The molecule has 0 rings (SSSR count). The number of carbonyl (C=O) groups is 2. The van der Waals surface area contributed by atoms with Crippen molar-refractivity contribution >= 4 is 11.9 Å². The predicted octanol–water partition coefficient (Wildman–Crippen LogP) is 20.8. The largest absolute Gasteiger partial charge is 0.466 e. The van der Waals surface area contributed by atoms with E-state index in [1.165, 1.54) is 283 Å². The number of aliphatic hydroxyl groups is 2. The van der Waals surface area contributed by atoms with Gasteiger partial charge in [0.15, 0.2) is 0 Å². The lowest BCUT2D eigenvalue weighted by Crippen LogP contribution is -2.45. The summed E-state index contributed by atoms with van der Waals surface area (Å²) in [6.45, 7) is 4.92. The van der Waals surface area contributed by atoms with E-state index in [0.29, 0.717) is 19.4 Å². The highest BCUT2D eigenvalue weighted by molar-refractivity contribution is 5.76. The fraction of sp³-hybridized carbons (Fsp3) is 0.881. The number of carbonyl (C=O) groups excluding carboxylic acids is 2. The number of nitrogens with one attached hydrogen (secondary N) is 1. The van der Waals surface area contributed by atoms with E-state index in [-0.39, 0.29) is 18.5 Å². The molecular weight excluding hydrogens is 899 g/mol. The van der Waals surface area contributed by atoms with Gasteiger partial charge in [-0.25, -0.2) is 0 Å². The van der Waals surface area contributed by atoms with Crippen molar-refractivity contribution in [3.05, 3.63) is 36.5 Å². The van der Waals surface area contributed by atoms with Gasteiger partial charge in [-0.1, -0.05) is 314 Å². The van der Waals surface area contributed by atoms with Gasteiger partial charge in [0.2, 0.25) is 5.91 Å². The molecule has 430 valence electrons. The molecule has 0 saturated heterocycles. The van der Waals surface area contributed by atoms with E-state index in [1.807, 2.05) is 6.08 Å². The average Bonchev–Trinajstić information content (AvgIpc) is 3.39. The first-order chi connectivity index (χ1) is 36.0. The van der Waals surface area contributed by atoms with Gasteiger partial charge in [-0.15, -0.1) is 0 Å². The van der Waals surface area contributed by atoms with Crippen LogP contribution < -0.4 is 5.32 Å². The molecule has 6 nitrogen and oxygen atoms in total. The van der Waals surface area contributed by atoms with Gasteiger partial charge in [0.1, 0.15) is 0 Å². The number of ether oxygens (including phenoxy) is 1. The minimum Gasteiger partial charge on any atom is -0.466 e. The van der Waals surface area contributed by atoms with E-state index in [2.05, 4.69) is 43.5 Å². The Morgan fingerprint density at radius 2 is 0.685 bits per heavy atom. The van der Waals surface area contributed by atoms with Gasteiger partial charge in [-0.3, -0.25) is 9.59 Å². The van der Waals surface area contributed by atoms with Crippen LogP contribution in [0.15, 0.2) is 36.5 Å². The normalized spacial score (nSPS) is 12.8. The van der Waals surface area contributed by atoms with Gasteiger partial charge >= 0.3 is 5.97 Å². The van der Waals surface area contributed by atoms with Crippen molar-refractivity contribution in [2.24, 2.45) is 0 Å². The molecule has 0 saturated carbocycles. The van der Waals surface area contributed by atoms with Gasteiger partial charge in [0.05, 0.1) is 25.4 Å². The second-order valence-electron chi connectivity index (χ2n) is 22.5. The van der Waals surface area contributed by atoms with Crippen LogP contribution in [-0.4, -0.2) is 47.4 Å². The van der Waals surface area contributed by atoms with Crippen LogP contribution in [0, 0.1) is 0 Å². The van der Waals surface area contributed by atoms with Crippen LogP contribution in [-0.2, 0) is 14.3 Å². The third-order valence-electron chi connectivity index (χ3n) is 15.2. The fourth-order valence-corrected chi connectivity index (χ4v) is 10.1. The van der Waals surface area contributed by atoms with Crippen LogP contribution in [0.25, 0.3) is 0 Å². The summed E-state index contributed by atoms with van der Waals surface area (Å²) in [7, 11) is 0. The van der Waals surface area contributed by atoms with Crippen LogP contribution in [0.4, 0.5) is 0 Å². The summed E-state index contributed by atoms with van der Waals surface area (Å²) >= 11 is 0. The Kier molecular flexibility index (Phi) is 61.0. The lowest BCUT2D eigenvalue weighted by molar-refractivity contribution is -0.143. The molecule has 6 heteroatoms. The maximum atomic E-state index is 12.5. The van der Waals surface area contributed by atoms with E-state index >= 15 is 0 Å². The summed E-state index contributed by atoms with van der Waals surface area (Å²) in [6, 6.07) is -0.630. The molecule has 2 unspecified atom stereocenters. The highest BCUT2D eigenvalue weighted by Gasteiger charge is 2.18. The minimum atomic E-state index is -0.846. The van der Waals surface area contributed by atoms with Gasteiger partial charge < -0.3 is 20.3 Å². The predicted molar refractivity (Wildman–Crippen MR) is 319 cm³/mol. The summed E-state index contributed by atoms with van der Waals surface area (Å²) in [5.74, 6) is -0.0570. The first-order valence-corrected chi connectivity index (χ1v) is 32.8. The molecule has 0 aliphatic rings. The van der Waals surface area contributed by atoms with Crippen molar-refractivity contribution in [3.8, 4) is 0 Å². The van der Waals surface area contributed by atoms with Crippen molar-refractivity contribution in [2.45, 2.75) is 366 Å². The second-order valence-corrected chi connectivity index (χ2v) is 22.5. The van der Waals surface area contributed by atoms with Crippen molar-refractivity contribution < 1.29 is 24.5 Å². The van der Waals surface area contributed by atoms with Crippen molar-refractivity contribution in [2.75, 3.05) is 13.2 Å². The van der Waals surface area contributed by atoms with E-state index in [0.717, 1.165) is 44.9 Å². The number of allylic oxidation sites excluding steroid dienone is 5. The molecule has 0 aliphatic heterocycles. The lowest BCUT2D eigenvalue weighted by Gasteiger charge is -2.20. The zero-order chi connectivity index (χ0) is 52.9. The molecule has 0 aliphatic carbocycles. The Balaban J connectivity index is 3.43. The fourth-order valence-electron chi connectivity index (χ4n) is 10.1. The molecule has 0 aromatic heterocycles. The maximum absolute atomic E-state index is 12.5. The molecule has 0 aromatic carbocycles. The van der Waals surface area contributed by atoms with Crippen LogP contribution in [0.1, 0.15) is 354 Å². The van der Waals surface area contributed by atoms with Gasteiger partial charge in [0.25, 0.3) is 0 Å². The topological polar surface area (TPSA) is 95.9 Å². The Morgan fingerprint density at radius 1 is 0.384 bits per heavy atom. The number of hydrogen-bond acceptors (Lipinski definition) is 5. The summed E-state index contributed by atoms with van der Waals surface area (Å²) < 4.78 is 5.48. The lowest BCUT2D eigenvalue weighted by atomic mass is 10.0. The van der Waals surface area contributed by atoms with Crippen molar-refractivity contribution in [1.29, 1.82) is 0 Å². The Bertz CT molecular complexity index is 1180. The number of esters is 1. The van der Waals surface area contributed by atoms with Gasteiger partial charge in [0, 0.05) is 12.8 Å². The van der Waals surface area contributed by atoms with E-state index < -0.39 is 12.1 Å². The van der Waals surface area contributed by atoms with E-state index in [4.69, 9.17) is 4.74 Å². The minimum absolute atomic E-state index is 0.0127.